The molecule has 2 aromatic rings. The lowest BCUT2D eigenvalue weighted by molar-refractivity contribution is 0.476. The number of nitrogens with zero attached hydrogens (tertiary/aromatic N) is 2. The average Bonchev–Trinajstić information content (AvgIpc) is 2.87. The number of rotatable bonds is 5. The van der Waals surface area contributed by atoms with Crippen LogP contribution < -0.4 is 5.32 Å². The monoisotopic (exact) mass is 207 g/mol. The third-order valence-corrected chi connectivity index (χ3v) is 1.94. The normalized spacial score (nSPS) is 10.7. The molecule has 0 spiro atoms. The van der Waals surface area contributed by atoms with E-state index in [1.54, 1.807) is 18.6 Å². The molecule has 0 aromatic carbocycles. The molecule has 0 unspecified atom stereocenters. The molecule has 0 saturated heterocycles. The Bertz CT molecular complexity index is 394. The van der Waals surface area contributed by atoms with Gasteiger partial charge in [-0.3, -0.25) is 0 Å². The molecular formula is C10H13N3O2. The van der Waals surface area contributed by atoms with E-state index < -0.39 is 0 Å². The fourth-order valence-corrected chi connectivity index (χ4v) is 1.20. The highest BCUT2D eigenvalue weighted by Crippen LogP contribution is 2.17. The average molecular weight is 207 g/mol. The van der Waals surface area contributed by atoms with E-state index in [0.29, 0.717) is 18.3 Å². The minimum Gasteiger partial charge on any atom is -0.472 e. The maximum absolute atomic E-state index is 5.43. The molecule has 0 bridgehead atoms. The van der Waals surface area contributed by atoms with Crippen LogP contribution in [0.3, 0.4) is 0 Å². The summed E-state index contributed by atoms with van der Waals surface area (Å²) in [4.78, 5) is 0. The minimum atomic E-state index is 0.497. The number of aromatic nitrogens is 2. The first-order valence-corrected chi connectivity index (χ1v) is 4.96. The summed E-state index contributed by atoms with van der Waals surface area (Å²) in [5, 5.41) is 11.0. The second-order valence-corrected chi connectivity index (χ2v) is 3.19. The van der Waals surface area contributed by atoms with Gasteiger partial charge in [0.25, 0.3) is 5.89 Å². The van der Waals surface area contributed by atoms with Crippen LogP contribution >= 0.6 is 0 Å². The van der Waals surface area contributed by atoms with Gasteiger partial charge in [0, 0.05) is 0 Å². The van der Waals surface area contributed by atoms with Gasteiger partial charge < -0.3 is 14.2 Å². The molecule has 2 aromatic heterocycles. The Kier molecular flexibility index (Phi) is 3.14. The molecule has 5 heteroatoms. The van der Waals surface area contributed by atoms with Crippen LogP contribution in [-0.2, 0) is 6.54 Å². The highest BCUT2D eigenvalue weighted by atomic mass is 16.4. The molecule has 2 rings (SSSR count). The first-order chi connectivity index (χ1) is 7.40. The second-order valence-electron chi connectivity index (χ2n) is 3.19. The van der Waals surface area contributed by atoms with E-state index in [2.05, 4.69) is 22.4 Å². The van der Waals surface area contributed by atoms with Crippen molar-refractivity contribution in [2.45, 2.75) is 19.9 Å². The van der Waals surface area contributed by atoms with Gasteiger partial charge in [0.2, 0.25) is 5.89 Å². The zero-order chi connectivity index (χ0) is 10.5. The lowest BCUT2D eigenvalue weighted by atomic mass is 10.3. The van der Waals surface area contributed by atoms with Crippen molar-refractivity contribution in [1.82, 2.24) is 15.5 Å². The van der Waals surface area contributed by atoms with E-state index in [1.807, 2.05) is 0 Å². The van der Waals surface area contributed by atoms with Crippen LogP contribution in [0.1, 0.15) is 19.2 Å². The fourth-order valence-electron chi connectivity index (χ4n) is 1.20. The summed E-state index contributed by atoms with van der Waals surface area (Å²) in [5.41, 5.74) is 0.809. The summed E-state index contributed by atoms with van der Waals surface area (Å²) < 4.78 is 10.4. The maximum Gasteiger partial charge on any atom is 0.251 e. The van der Waals surface area contributed by atoms with E-state index in [4.69, 9.17) is 8.83 Å². The Morgan fingerprint density at radius 1 is 1.40 bits per heavy atom. The lowest BCUT2D eigenvalue weighted by Gasteiger charge is -1.96. The van der Waals surface area contributed by atoms with Gasteiger partial charge in [0.1, 0.15) is 6.26 Å². The van der Waals surface area contributed by atoms with Gasteiger partial charge in [-0.15, -0.1) is 10.2 Å². The molecule has 0 saturated carbocycles. The van der Waals surface area contributed by atoms with Crippen molar-refractivity contribution >= 4 is 0 Å². The van der Waals surface area contributed by atoms with Crippen molar-refractivity contribution < 1.29 is 8.83 Å². The van der Waals surface area contributed by atoms with Gasteiger partial charge in [-0.25, -0.2) is 0 Å². The number of nitrogens with one attached hydrogen (secondary N) is 1. The Balaban J connectivity index is 1.98. The highest BCUT2D eigenvalue weighted by molar-refractivity contribution is 5.49. The Labute approximate surface area is 87.5 Å². The minimum absolute atomic E-state index is 0.497. The van der Waals surface area contributed by atoms with Crippen molar-refractivity contribution in [3.63, 3.8) is 0 Å². The van der Waals surface area contributed by atoms with Gasteiger partial charge in [-0.1, -0.05) is 6.92 Å². The summed E-state index contributed by atoms with van der Waals surface area (Å²) in [5.74, 6) is 1.09. The summed E-state index contributed by atoms with van der Waals surface area (Å²) in [6, 6.07) is 1.79. The standard InChI is InChI=1S/C10H13N3O2/c1-2-4-11-6-9-12-13-10(15-9)8-3-5-14-7-8/h3,5,7,11H,2,4,6H2,1H3. The van der Waals surface area contributed by atoms with Crippen LogP contribution in [0.15, 0.2) is 27.4 Å². The van der Waals surface area contributed by atoms with E-state index in [0.717, 1.165) is 18.5 Å². The summed E-state index contributed by atoms with van der Waals surface area (Å²) in [6.07, 6.45) is 4.24. The van der Waals surface area contributed by atoms with Crippen molar-refractivity contribution in [2.75, 3.05) is 6.54 Å². The van der Waals surface area contributed by atoms with Crippen LogP contribution in [0.25, 0.3) is 11.5 Å². The zero-order valence-electron chi connectivity index (χ0n) is 8.56. The molecule has 1 N–H and O–H groups in total. The summed E-state index contributed by atoms with van der Waals surface area (Å²) in [6.45, 7) is 3.67. The molecule has 0 aliphatic rings. The topological polar surface area (TPSA) is 64.1 Å². The van der Waals surface area contributed by atoms with Crippen molar-refractivity contribution in [3.8, 4) is 11.5 Å². The van der Waals surface area contributed by atoms with Crippen LogP contribution in [0.2, 0.25) is 0 Å². The lowest BCUT2D eigenvalue weighted by Crippen LogP contribution is -2.13. The first-order valence-electron chi connectivity index (χ1n) is 4.96. The zero-order valence-corrected chi connectivity index (χ0v) is 8.56. The predicted molar refractivity (Wildman–Crippen MR) is 54.0 cm³/mol. The van der Waals surface area contributed by atoms with E-state index >= 15 is 0 Å². The van der Waals surface area contributed by atoms with Gasteiger partial charge in [0.05, 0.1) is 18.4 Å². The van der Waals surface area contributed by atoms with Crippen LogP contribution in [0.4, 0.5) is 0 Å². The molecule has 0 aliphatic carbocycles. The summed E-state index contributed by atoms with van der Waals surface area (Å²) in [7, 11) is 0. The molecule has 5 nitrogen and oxygen atoms in total. The van der Waals surface area contributed by atoms with Gasteiger partial charge in [0.15, 0.2) is 0 Å². The molecule has 2 heterocycles. The van der Waals surface area contributed by atoms with Crippen LogP contribution in [0.5, 0.6) is 0 Å². The van der Waals surface area contributed by atoms with Crippen molar-refractivity contribution in [1.29, 1.82) is 0 Å². The van der Waals surface area contributed by atoms with E-state index in [-0.39, 0.29) is 0 Å². The first kappa shape index (κ1) is 9.92. The van der Waals surface area contributed by atoms with Crippen molar-refractivity contribution in [2.24, 2.45) is 0 Å². The molecule has 0 fully saturated rings. The SMILES string of the molecule is CCCNCc1nnc(-c2ccoc2)o1. The van der Waals surface area contributed by atoms with Gasteiger partial charge >= 0.3 is 0 Å². The highest BCUT2D eigenvalue weighted by Gasteiger charge is 2.08. The molecule has 80 valence electrons. The fraction of sp³-hybridized carbons (Fsp3) is 0.400. The Morgan fingerprint density at radius 3 is 3.07 bits per heavy atom. The quantitative estimate of drug-likeness (QED) is 0.758. The molecule has 15 heavy (non-hydrogen) atoms. The third-order valence-electron chi connectivity index (χ3n) is 1.94. The number of hydrogen-bond acceptors (Lipinski definition) is 5. The summed E-state index contributed by atoms with van der Waals surface area (Å²) >= 11 is 0. The van der Waals surface area contributed by atoms with Gasteiger partial charge in [-0.2, -0.15) is 0 Å². The second kappa shape index (κ2) is 4.75. The van der Waals surface area contributed by atoms with Crippen LogP contribution in [0, 0.1) is 0 Å². The van der Waals surface area contributed by atoms with E-state index in [9.17, 15) is 0 Å². The number of hydrogen-bond donors (Lipinski definition) is 1. The Hall–Kier alpha value is -1.62. The molecule has 0 atom stereocenters. The molecule has 0 amide bonds. The smallest absolute Gasteiger partial charge is 0.251 e. The largest absolute Gasteiger partial charge is 0.472 e. The molecular weight excluding hydrogens is 194 g/mol. The van der Waals surface area contributed by atoms with Gasteiger partial charge in [-0.05, 0) is 19.0 Å². The number of furan rings is 1. The van der Waals surface area contributed by atoms with Crippen LogP contribution in [-0.4, -0.2) is 16.7 Å². The molecule has 0 radical (unpaired) electrons. The van der Waals surface area contributed by atoms with Crippen molar-refractivity contribution in [3.05, 3.63) is 24.5 Å². The third kappa shape index (κ3) is 2.44. The maximum atomic E-state index is 5.43. The molecule has 0 aliphatic heterocycles. The van der Waals surface area contributed by atoms with E-state index in [1.165, 1.54) is 0 Å². The predicted octanol–water partition coefficient (Wildman–Crippen LogP) is 1.83. The Morgan fingerprint density at radius 2 is 2.33 bits per heavy atom.